The molecule has 0 radical (unpaired) electrons. The van der Waals surface area contributed by atoms with Gasteiger partial charge in [-0.1, -0.05) is 231 Å². The van der Waals surface area contributed by atoms with E-state index < -0.39 is 0 Å². The second kappa shape index (κ2) is 53.5. The molecule has 13 nitrogen and oxygen atoms in total. The Labute approximate surface area is 611 Å². The van der Waals surface area contributed by atoms with E-state index in [1.54, 1.807) is 0 Å². The number of ether oxygens (including phenoxy) is 5. The van der Waals surface area contributed by atoms with E-state index in [9.17, 15) is 9.59 Å². The molecule has 13 heteroatoms. The Bertz CT molecular complexity index is 2920. The van der Waals surface area contributed by atoms with Gasteiger partial charge in [-0.25, -0.2) is 0 Å². The molecule has 2 N–H and O–H groups in total. The van der Waals surface area contributed by atoms with Crippen LogP contribution in [0.1, 0.15) is 305 Å². The van der Waals surface area contributed by atoms with Crippen molar-refractivity contribution >= 4 is 45.9 Å². The minimum atomic E-state index is 0.0123. The Hall–Kier alpha value is -7.28. The van der Waals surface area contributed by atoms with E-state index in [0.29, 0.717) is 96.0 Å². The molecular weight excluding hydrogens is 1250 g/mol. The Morgan fingerprint density at radius 1 is 0.356 bits per heavy atom. The molecule has 2 amide bonds. The Balaban J connectivity index is 1.39. The largest absolute Gasteiger partial charge is 0.489 e. The van der Waals surface area contributed by atoms with E-state index in [2.05, 4.69) is 112 Å². The minimum Gasteiger partial charge on any atom is -0.489 e. The van der Waals surface area contributed by atoms with Gasteiger partial charge in [0.1, 0.15) is 24.7 Å². The second-order valence-electron chi connectivity index (χ2n) is 28.8. The van der Waals surface area contributed by atoms with Gasteiger partial charge in [0.15, 0.2) is 11.5 Å². The Kier molecular flexibility index (Phi) is 44.7. The van der Waals surface area contributed by atoms with Crippen LogP contribution in [0.2, 0.25) is 0 Å². The number of carbonyl (C=O) groups is 2. The van der Waals surface area contributed by atoms with E-state index >= 15 is 0 Å². The van der Waals surface area contributed by atoms with Crippen LogP contribution >= 0.6 is 0 Å². The molecule has 0 saturated carbocycles. The Morgan fingerprint density at radius 2 is 0.624 bits per heavy atom. The van der Waals surface area contributed by atoms with Crippen LogP contribution in [0.4, 0.5) is 34.1 Å². The van der Waals surface area contributed by atoms with Gasteiger partial charge in [0, 0.05) is 35.3 Å². The molecule has 5 aromatic rings. The summed E-state index contributed by atoms with van der Waals surface area (Å²) in [6.45, 7) is 21.6. The van der Waals surface area contributed by atoms with Gasteiger partial charge >= 0.3 is 0 Å². The van der Waals surface area contributed by atoms with Gasteiger partial charge in [0.05, 0.1) is 42.6 Å². The quantitative estimate of drug-likeness (QED) is 0.0223. The number of hydrogen-bond donors (Lipinski definition) is 2. The summed E-state index contributed by atoms with van der Waals surface area (Å²) in [7, 11) is 0. The molecule has 0 unspecified atom stereocenters. The lowest BCUT2D eigenvalue weighted by Gasteiger charge is -2.23. The summed E-state index contributed by atoms with van der Waals surface area (Å²) >= 11 is 0. The van der Waals surface area contributed by atoms with Crippen LogP contribution in [0, 0.1) is 11.8 Å². The maximum Gasteiger partial charge on any atom is 0.224 e. The first-order valence-corrected chi connectivity index (χ1v) is 39.7. The number of allylic oxidation sites excluding steroid dienone is 4. The third-order valence-corrected chi connectivity index (χ3v) is 18.4. The molecule has 0 bridgehead atoms. The van der Waals surface area contributed by atoms with Crippen LogP contribution in [0.15, 0.2) is 147 Å². The summed E-state index contributed by atoms with van der Waals surface area (Å²) in [5.74, 6) is 3.92. The molecule has 0 aliphatic rings. The fourth-order valence-corrected chi connectivity index (χ4v) is 12.3. The van der Waals surface area contributed by atoms with Crippen LogP contribution < -0.4 is 34.3 Å². The van der Waals surface area contributed by atoms with Gasteiger partial charge in [0.25, 0.3) is 0 Å². The van der Waals surface area contributed by atoms with E-state index in [1.807, 2.05) is 97.1 Å². The number of hydrogen-bond acceptors (Lipinski definition) is 11. The van der Waals surface area contributed by atoms with E-state index in [-0.39, 0.29) is 25.0 Å². The van der Waals surface area contributed by atoms with Crippen LogP contribution in [0.5, 0.6) is 28.7 Å². The van der Waals surface area contributed by atoms with Gasteiger partial charge in [-0.05, 0) is 188 Å². The lowest BCUT2D eigenvalue weighted by molar-refractivity contribution is -0.117. The standard InChI is InChI=1S/C88H132N6O7/c1-10-13-16-19-22-25-28-31-34-37-62-97-86-74(68-100-82-58-54-80(55-59-82)93-91-78-50-46-76(47-51-78)89-84(95)65-72(8)44-40-42-70(4)5)67-75(87(98-63-38-35-32-29-26-23-20-17-14-11-2)88(86)99-64-39-36-33-30-27-24-21-18-15-12-3)69-101-83-60-56-81(57-61-83)94-92-79-52-48-77(49-53-79)90-85(96)66-73(9)45-41-43-71(6)7/h42-43,46-61,67,72-73H,10-41,44-45,62-66,68-69H2,1-9H3,(H,89,95)(H,90,96)/t72-,73-/m0/s1. The summed E-state index contributed by atoms with van der Waals surface area (Å²) < 4.78 is 34.5. The number of azo groups is 2. The number of nitrogens with zero attached hydrogens (tertiary/aromatic N) is 4. The third kappa shape index (κ3) is 39.1. The SMILES string of the molecule is CCCCCCCCCCCCOc1c(COc2ccc(N=Nc3ccc(NC(=O)C[C@@H](C)CCC=C(C)C)cc3)cc2)cc(COc2ccc(N=Nc3ccc(NC(=O)C[C@@H](C)CCC=C(C)C)cc3)cc2)c(OCCCCCCCCCCCC)c1OCCCCCCCCCCCC. The Morgan fingerprint density at radius 3 is 0.911 bits per heavy atom. The molecule has 0 heterocycles. The van der Waals surface area contributed by atoms with Gasteiger partial charge in [-0.2, -0.15) is 20.5 Å². The molecular formula is C88H132N6O7. The molecule has 0 fully saturated rings. The molecule has 0 aliphatic heterocycles. The molecule has 101 heavy (non-hydrogen) atoms. The molecule has 0 saturated heterocycles. The average Bonchev–Trinajstić information content (AvgIpc) is 0.791. The van der Waals surface area contributed by atoms with Crippen LogP contribution in [0.3, 0.4) is 0 Å². The number of unbranched alkanes of at least 4 members (excludes halogenated alkanes) is 27. The van der Waals surface area contributed by atoms with Gasteiger partial charge in [-0.15, -0.1) is 0 Å². The van der Waals surface area contributed by atoms with Crippen molar-refractivity contribution in [2.24, 2.45) is 32.3 Å². The molecule has 5 aromatic carbocycles. The highest BCUT2D eigenvalue weighted by molar-refractivity contribution is 5.91. The van der Waals surface area contributed by atoms with E-state index in [0.717, 1.165) is 86.7 Å². The average molecular weight is 1390 g/mol. The molecule has 556 valence electrons. The van der Waals surface area contributed by atoms with Crippen molar-refractivity contribution in [2.45, 2.75) is 307 Å². The second-order valence-corrected chi connectivity index (χ2v) is 28.8. The van der Waals surface area contributed by atoms with Gasteiger partial charge in [0.2, 0.25) is 17.6 Å². The van der Waals surface area contributed by atoms with E-state index in [4.69, 9.17) is 23.7 Å². The minimum absolute atomic E-state index is 0.0123. The molecule has 0 aromatic heterocycles. The summed E-state index contributed by atoms with van der Waals surface area (Å²) in [6.07, 6.45) is 46.3. The van der Waals surface area contributed by atoms with Crippen molar-refractivity contribution in [3.8, 4) is 28.7 Å². The van der Waals surface area contributed by atoms with Crippen molar-refractivity contribution in [1.82, 2.24) is 0 Å². The maximum atomic E-state index is 12.8. The fourth-order valence-electron chi connectivity index (χ4n) is 12.3. The first kappa shape index (κ1) is 84.4. The predicted octanol–water partition coefficient (Wildman–Crippen LogP) is 28.0. The smallest absolute Gasteiger partial charge is 0.224 e. The van der Waals surface area contributed by atoms with E-state index in [1.165, 1.54) is 165 Å². The highest BCUT2D eigenvalue weighted by Gasteiger charge is 2.25. The first-order valence-electron chi connectivity index (χ1n) is 39.7. The van der Waals surface area contributed by atoms with Crippen molar-refractivity contribution in [1.29, 1.82) is 0 Å². The highest BCUT2D eigenvalue weighted by Crippen LogP contribution is 2.45. The van der Waals surface area contributed by atoms with Crippen molar-refractivity contribution < 1.29 is 33.3 Å². The fraction of sp³-hybridized carbons (Fsp3) is 0.591. The lowest BCUT2D eigenvalue weighted by atomic mass is 10.0. The molecule has 0 spiro atoms. The van der Waals surface area contributed by atoms with Crippen molar-refractivity contribution in [3.63, 3.8) is 0 Å². The normalized spacial score (nSPS) is 12.0. The number of amides is 2. The molecule has 5 rings (SSSR count). The van der Waals surface area contributed by atoms with Crippen LogP contribution in [-0.4, -0.2) is 31.6 Å². The topological polar surface area (TPSA) is 154 Å². The summed E-state index contributed by atoms with van der Waals surface area (Å²) in [4.78, 5) is 25.7. The predicted molar refractivity (Wildman–Crippen MR) is 423 cm³/mol. The zero-order valence-corrected chi connectivity index (χ0v) is 64.3. The van der Waals surface area contributed by atoms with Gasteiger partial charge in [-0.3, -0.25) is 9.59 Å². The van der Waals surface area contributed by atoms with Crippen molar-refractivity contribution in [2.75, 3.05) is 30.5 Å². The number of benzene rings is 5. The monoisotopic (exact) mass is 1390 g/mol. The summed E-state index contributed by atoms with van der Waals surface area (Å²) in [5, 5.41) is 24.2. The first-order chi connectivity index (χ1) is 49.3. The summed E-state index contributed by atoms with van der Waals surface area (Å²) in [5.41, 5.74) is 8.50. The third-order valence-electron chi connectivity index (χ3n) is 18.4. The molecule has 0 aliphatic carbocycles. The molecule has 2 atom stereocenters. The number of rotatable bonds is 58. The number of anilines is 2. The zero-order valence-electron chi connectivity index (χ0n) is 64.3. The highest BCUT2D eigenvalue weighted by atomic mass is 16.5. The lowest BCUT2D eigenvalue weighted by Crippen LogP contribution is -2.15. The number of carbonyl (C=O) groups excluding carboxylic acids is 2. The van der Waals surface area contributed by atoms with Crippen LogP contribution in [0.25, 0.3) is 0 Å². The van der Waals surface area contributed by atoms with Crippen molar-refractivity contribution in [3.05, 3.63) is 138 Å². The zero-order chi connectivity index (χ0) is 72.2. The summed E-state index contributed by atoms with van der Waals surface area (Å²) in [6, 6.07) is 32.4. The maximum absolute atomic E-state index is 12.8. The number of nitrogens with one attached hydrogen (secondary N) is 2. The van der Waals surface area contributed by atoms with Crippen LogP contribution in [-0.2, 0) is 22.8 Å². The van der Waals surface area contributed by atoms with Gasteiger partial charge < -0.3 is 34.3 Å².